The predicted molar refractivity (Wildman–Crippen MR) is 64.2 cm³/mol. The van der Waals surface area contributed by atoms with Gasteiger partial charge in [-0.15, -0.1) is 0 Å². The highest BCUT2D eigenvalue weighted by Crippen LogP contribution is 2.12. The van der Waals surface area contributed by atoms with Crippen molar-refractivity contribution in [3.8, 4) is 0 Å². The molecule has 2 nitrogen and oxygen atoms in total. The standard InChI is InChI=1S/C12H14O2S/c1-9(15)11(12(13)14)8-7-10-5-3-2-4-6-10/h2-6,11H,7-8H2,1H3,(H,13,14)/t11-/m0/s1. The molecule has 0 aromatic heterocycles. The van der Waals surface area contributed by atoms with Gasteiger partial charge in [0.2, 0.25) is 0 Å². The van der Waals surface area contributed by atoms with Gasteiger partial charge in [0.1, 0.15) is 0 Å². The van der Waals surface area contributed by atoms with Crippen LogP contribution < -0.4 is 0 Å². The van der Waals surface area contributed by atoms with Crippen LogP contribution in [0, 0.1) is 5.92 Å². The second-order valence-electron chi connectivity index (χ2n) is 3.53. The molecule has 3 heteroatoms. The van der Waals surface area contributed by atoms with Crippen LogP contribution in [0.5, 0.6) is 0 Å². The van der Waals surface area contributed by atoms with Crippen LogP contribution in [0.4, 0.5) is 0 Å². The summed E-state index contributed by atoms with van der Waals surface area (Å²) in [5, 5.41) is 8.93. The van der Waals surface area contributed by atoms with Crippen molar-refractivity contribution >= 4 is 23.1 Å². The number of thiocarbonyl (C=S) groups is 1. The van der Waals surface area contributed by atoms with Crippen LogP contribution in [-0.2, 0) is 11.2 Å². The van der Waals surface area contributed by atoms with Gasteiger partial charge in [0.25, 0.3) is 0 Å². The third-order valence-electron chi connectivity index (χ3n) is 2.35. The van der Waals surface area contributed by atoms with Crippen molar-refractivity contribution in [2.75, 3.05) is 0 Å². The van der Waals surface area contributed by atoms with E-state index < -0.39 is 11.9 Å². The molecule has 0 aliphatic carbocycles. The topological polar surface area (TPSA) is 37.3 Å². The lowest BCUT2D eigenvalue weighted by atomic mass is 9.97. The number of aryl methyl sites for hydroxylation is 1. The first-order chi connectivity index (χ1) is 7.11. The zero-order valence-corrected chi connectivity index (χ0v) is 9.46. The molecule has 0 unspecified atom stereocenters. The van der Waals surface area contributed by atoms with E-state index in [0.29, 0.717) is 11.3 Å². The maximum absolute atomic E-state index is 10.9. The molecule has 15 heavy (non-hydrogen) atoms. The molecular formula is C12H14O2S. The highest BCUT2D eigenvalue weighted by atomic mass is 32.1. The van der Waals surface area contributed by atoms with Crippen LogP contribution in [0.1, 0.15) is 18.9 Å². The van der Waals surface area contributed by atoms with E-state index in [1.165, 1.54) is 0 Å². The average Bonchev–Trinajstić information content (AvgIpc) is 2.18. The number of hydrogen-bond donors (Lipinski definition) is 1. The molecule has 0 amide bonds. The van der Waals surface area contributed by atoms with Crippen LogP contribution in [0.15, 0.2) is 30.3 Å². The molecule has 0 radical (unpaired) electrons. The molecule has 0 heterocycles. The number of carboxylic acids is 1. The fourth-order valence-electron chi connectivity index (χ4n) is 1.46. The number of rotatable bonds is 5. The highest BCUT2D eigenvalue weighted by Gasteiger charge is 2.18. The summed E-state index contributed by atoms with van der Waals surface area (Å²) in [5.74, 6) is -1.32. The third kappa shape index (κ3) is 3.80. The van der Waals surface area contributed by atoms with Crippen LogP contribution in [0.2, 0.25) is 0 Å². The largest absolute Gasteiger partial charge is 0.481 e. The Morgan fingerprint density at radius 1 is 1.40 bits per heavy atom. The van der Waals surface area contributed by atoms with Crippen LogP contribution >= 0.6 is 12.2 Å². The first-order valence-electron chi connectivity index (χ1n) is 4.88. The van der Waals surface area contributed by atoms with Crippen molar-refractivity contribution in [1.82, 2.24) is 0 Å². The summed E-state index contributed by atoms with van der Waals surface area (Å²) in [6.45, 7) is 1.69. The molecule has 1 aromatic carbocycles. The molecule has 80 valence electrons. The SMILES string of the molecule is CC(=S)[C@H](CCc1ccccc1)C(=O)O. The molecule has 0 aliphatic rings. The van der Waals surface area contributed by atoms with Gasteiger partial charge >= 0.3 is 5.97 Å². The van der Waals surface area contributed by atoms with E-state index in [9.17, 15) is 4.79 Å². The van der Waals surface area contributed by atoms with Gasteiger partial charge in [-0.2, -0.15) is 0 Å². The molecule has 0 bridgehead atoms. The molecule has 0 aliphatic heterocycles. The second-order valence-corrected chi connectivity index (χ2v) is 4.17. The third-order valence-corrected chi connectivity index (χ3v) is 2.64. The number of carboxylic acid groups (broad SMARTS) is 1. The Bertz CT molecular complexity index is 332. The summed E-state index contributed by atoms with van der Waals surface area (Å²) < 4.78 is 0. The van der Waals surface area contributed by atoms with E-state index in [2.05, 4.69) is 0 Å². The lowest BCUT2D eigenvalue weighted by Crippen LogP contribution is -2.20. The smallest absolute Gasteiger partial charge is 0.311 e. The number of benzene rings is 1. The Labute approximate surface area is 94.9 Å². The quantitative estimate of drug-likeness (QED) is 0.778. The van der Waals surface area contributed by atoms with E-state index in [0.717, 1.165) is 12.0 Å². The van der Waals surface area contributed by atoms with Crippen molar-refractivity contribution in [3.05, 3.63) is 35.9 Å². The van der Waals surface area contributed by atoms with E-state index in [-0.39, 0.29) is 0 Å². The fourth-order valence-corrected chi connectivity index (χ4v) is 1.67. The monoisotopic (exact) mass is 222 g/mol. The average molecular weight is 222 g/mol. The summed E-state index contributed by atoms with van der Waals surface area (Å²) in [4.78, 5) is 11.4. The van der Waals surface area contributed by atoms with Crippen molar-refractivity contribution < 1.29 is 9.90 Å². The van der Waals surface area contributed by atoms with E-state index in [1.807, 2.05) is 30.3 Å². The maximum atomic E-state index is 10.9. The van der Waals surface area contributed by atoms with Crippen molar-refractivity contribution in [2.24, 2.45) is 5.92 Å². The van der Waals surface area contributed by atoms with E-state index in [4.69, 9.17) is 17.3 Å². The minimum Gasteiger partial charge on any atom is -0.481 e. The first-order valence-corrected chi connectivity index (χ1v) is 5.29. The van der Waals surface area contributed by atoms with Gasteiger partial charge < -0.3 is 5.11 Å². The van der Waals surface area contributed by atoms with E-state index >= 15 is 0 Å². The normalized spacial score (nSPS) is 12.1. The molecular weight excluding hydrogens is 208 g/mol. The highest BCUT2D eigenvalue weighted by molar-refractivity contribution is 7.80. The Hall–Kier alpha value is -1.22. The molecule has 1 N–H and O–H groups in total. The van der Waals surface area contributed by atoms with Gasteiger partial charge in [0.05, 0.1) is 5.92 Å². The first kappa shape index (κ1) is 11.9. The molecule has 0 fully saturated rings. The molecule has 0 saturated carbocycles. The Balaban J connectivity index is 2.55. The summed E-state index contributed by atoms with van der Waals surface area (Å²) >= 11 is 4.93. The van der Waals surface area contributed by atoms with Crippen LogP contribution in [0.3, 0.4) is 0 Å². The minimum atomic E-state index is -0.821. The van der Waals surface area contributed by atoms with Gasteiger partial charge in [-0.3, -0.25) is 4.79 Å². The molecule has 1 rings (SSSR count). The second kappa shape index (κ2) is 5.61. The van der Waals surface area contributed by atoms with E-state index in [1.54, 1.807) is 6.92 Å². The van der Waals surface area contributed by atoms with Crippen LogP contribution in [0.25, 0.3) is 0 Å². The predicted octanol–water partition coefficient (Wildman–Crippen LogP) is 2.71. The van der Waals surface area contributed by atoms with Gasteiger partial charge in [0, 0.05) is 4.86 Å². The lowest BCUT2D eigenvalue weighted by Gasteiger charge is -2.10. The molecule has 1 atom stereocenters. The minimum absolute atomic E-state index is 0.500. The molecule has 0 saturated heterocycles. The molecule has 1 aromatic rings. The number of hydrogen-bond acceptors (Lipinski definition) is 2. The van der Waals surface area contributed by atoms with Gasteiger partial charge in [-0.1, -0.05) is 42.5 Å². The Kier molecular flexibility index (Phi) is 4.43. The number of aliphatic carboxylic acids is 1. The number of carbonyl (C=O) groups is 1. The fraction of sp³-hybridized carbons (Fsp3) is 0.333. The van der Waals surface area contributed by atoms with Gasteiger partial charge in [0.15, 0.2) is 0 Å². The van der Waals surface area contributed by atoms with Crippen molar-refractivity contribution in [2.45, 2.75) is 19.8 Å². The van der Waals surface area contributed by atoms with Crippen molar-refractivity contribution in [3.63, 3.8) is 0 Å². The zero-order valence-electron chi connectivity index (χ0n) is 8.64. The summed E-state index contributed by atoms with van der Waals surface area (Å²) in [6, 6.07) is 9.85. The Morgan fingerprint density at radius 3 is 2.47 bits per heavy atom. The maximum Gasteiger partial charge on any atom is 0.311 e. The zero-order chi connectivity index (χ0) is 11.3. The summed E-state index contributed by atoms with van der Waals surface area (Å²) in [5.41, 5.74) is 1.15. The summed E-state index contributed by atoms with van der Waals surface area (Å²) in [6.07, 6.45) is 1.33. The van der Waals surface area contributed by atoms with Gasteiger partial charge in [-0.25, -0.2) is 0 Å². The van der Waals surface area contributed by atoms with Crippen molar-refractivity contribution in [1.29, 1.82) is 0 Å². The molecule has 0 spiro atoms. The van der Waals surface area contributed by atoms with Crippen LogP contribution in [-0.4, -0.2) is 15.9 Å². The lowest BCUT2D eigenvalue weighted by molar-refractivity contribution is -0.139. The summed E-state index contributed by atoms with van der Waals surface area (Å²) in [7, 11) is 0. The Morgan fingerprint density at radius 2 is 2.00 bits per heavy atom. The van der Waals surface area contributed by atoms with Gasteiger partial charge in [-0.05, 0) is 25.3 Å².